The number of phenols is 1. The minimum Gasteiger partial charge on any atom is -0.507 e. The standard InChI is InChI=1S/C36H37BrO5/c1-35(2,3)28-21-24(22-29(32(28)38)36(4,5)6)30(23-14-13-15-25(37)20-23)31(33(39)41-26-16-9-7-10-17-26)34(40)42-27-18-11-8-12-19-27/h7-22,30-31,38H,1-6H3/t30-/m1/s1. The van der Waals surface area contributed by atoms with E-state index in [1.807, 2.05) is 90.1 Å². The van der Waals surface area contributed by atoms with Crippen molar-refractivity contribution in [3.8, 4) is 17.2 Å². The van der Waals surface area contributed by atoms with E-state index in [1.54, 1.807) is 48.5 Å². The number of halogens is 1. The Kier molecular flexibility index (Phi) is 9.27. The molecule has 0 heterocycles. The molecule has 6 heteroatoms. The molecule has 0 aromatic heterocycles. The lowest BCUT2D eigenvalue weighted by Gasteiger charge is -2.31. The van der Waals surface area contributed by atoms with E-state index >= 15 is 0 Å². The first kappa shape index (κ1) is 31.0. The molecule has 218 valence electrons. The highest BCUT2D eigenvalue weighted by Gasteiger charge is 2.42. The van der Waals surface area contributed by atoms with Gasteiger partial charge in [0.05, 0.1) is 0 Å². The van der Waals surface area contributed by atoms with Gasteiger partial charge < -0.3 is 14.6 Å². The van der Waals surface area contributed by atoms with Gasteiger partial charge in [0.1, 0.15) is 17.2 Å². The largest absolute Gasteiger partial charge is 0.507 e. The van der Waals surface area contributed by atoms with Crippen LogP contribution in [0.3, 0.4) is 0 Å². The topological polar surface area (TPSA) is 72.8 Å². The third-order valence-corrected chi connectivity index (χ3v) is 7.57. The molecule has 0 fully saturated rings. The minimum absolute atomic E-state index is 0.210. The second-order valence-corrected chi connectivity index (χ2v) is 13.4. The zero-order chi connectivity index (χ0) is 30.7. The van der Waals surface area contributed by atoms with Crippen molar-refractivity contribution in [2.45, 2.75) is 58.3 Å². The number of aromatic hydroxyl groups is 1. The summed E-state index contributed by atoms with van der Waals surface area (Å²) in [5, 5.41) is 11.4. The number of ether oxygens (including phenoxy) is 2. The Bertz CT molecular complexity index is 1460. The third kappa shape index (κ3) is 7.29. The maximum absolute atomic E-state index is 14.1. The smallest absolute Gasteiger partial charge is 0.326 e. The summed E-state index contributed by atoms with van der Waals surface area (Å²) in [7, 11) is 0. The van der Waals surface area contributed by atoms with E-state index in [0.29, 0.717) is 17.1 Å². The Morgan fingerprint density at radius 3 is 1.50 bits per heavy atom. The van der Waals surface area contributed by atoms with Crippen molar-refractivity contribution in [1.82, 2.24) is 0 Å². The van der Waals surface area contributed by atoms with E-state index in [-0.39, 0.29) is 5.75 Å². The molecule has 1 atom stereocenters. The number of benzene rings is 4. The van der Waals surface area contributed by atoms with Gasteiger partial charge in [-0.3, -0.25) is 9.59 Å². The molecule has 4 rings (SSSR count). The first-order valence-electron chi connectivity index (χ1n) is 13.9. The van der Waals surface area contributed by atoms with Crippen molar-refractivity contribution in [2.75, 3.05) is 0 Å². The molecule has 0 spiro atoms. The van der Waals surface area contributed by atoms with E-state index in [1.165, 1.54) is 0 Å². The van der Waals surface area contributed by atoms with Crippen molar-refractivity contribution >= 4 is 27.9 Å². The zero-order valence-electron chi connectivity index (χ0n) is 24.9. The molecule has 0 amide bonds. The van der Waals surface area contributed by atoms with Crippen LogP contribution in [0.4, 0.5) is 0 Å². The molecule has 0 saturated heterocycles. The molecule has 4 aromatic rings. The molecule has 0 saturated carbocycles. The maximum Gasteiger partial charge on any atom is 0.326 e. The molecule has 0 aliphatic rings. The van der Waals surface area contributed by atoms with Gasteiger partial charge >= 0.3 is 11.9 Å². The molecule has 0 bridgehead atoms. The van der Waals surface area contributed by atoms with Gasteiger partial charge in [-0.05, 0) is 69.5 Å². The van der Waals surface area contributed by atoms with Crippen molar-refractivity contribution < 1.29 is 24.2 Å². The quantitative estimate of drug-likeness (QED) is 0.126. The zero-order valence-corrected chi connectivity index (χ0v) is 26.4. The Morgan fingerprint density at radius 2 is 1.10 bits per heavy atom. The molecule has 0 unspecified atom stereocenters. The van der Waals surface area contributed by atoms with E-state index in [0.717, 1.165) is 21.2 Å². The van der Waals surface area contributed by atoms with E-state index in [4.69, 9.17) is 9.47 Å². The van der Waals surface area contributed by atoms with Gasteiger partial charge in [-0.2, -0.15) is 0 Å². The summed E-state index contributed by atoms with van der Waals surface area (Å²) in [6, 6.07) is 28.7. The van der Waals surface area contributed by atoms with Crippen LogP contribution in [-0.2, 0) is 20.4 Å². The minimum atomic E-state index is -1.37. The van der Waals surface area contributed by atoms with Crippen molar-refractivity contribution in [3.05, 3.63) is 124 Å². The van der Waals surface area contributed by atoms with Gasteiger partial charge in [-0.1, -0.05) is 118 Å². The molecule has 5 nitrogen and oxygen atoms in total. The first-order chi connectivity index (χ1) is 19.8. The lowest BCUT2D eigenvalue weighted by Crippen LogP contribution is -2.37. The maximum atomic E-state index is 14.1. The molecular weight excluding hydrogens is 592 g/mol. The van der Waals surface area contributed by atoms with Crippen LogP contribution in [0.25, 0.3) is 0 Å². The number of carbonyl (C=O) groups is 2. The van der Waals surface area contributed by atoms with Crippen LogP contribution in [0, 0.1) is 5.92 Å². The first-order valence-corrected chi connectivity index (χ1v) is 14.7. The highest BCUT2D eigenvalue weighted by atomic mass is 79.9. The van der Waals surface area contributed by atoms with Gasteiger partial charge in [0.15, 0.2) is 5.92 Å². The van der Waals surface area contributed by atoms with Crippen LogP contribution in [0.5, 0.6) is 17.2 Å². The van der Waals surface area contributed by atoms with Crippen molar-refractivity contribution in [2.24, 2.45) is 5.92 Å². The predicted octanol–water partition coefficient (Wildman–Crippen LogP) is 8.71. The van der Waals surface area contributed by atoms with Crippen molar-refractivity contribution in [3.63, 3.8) is 0 Å². The molecule has 1 N–H and O–H groups in total. The number of rotatable bonds is 7. The number of carbonyl (C=O) groups excluding carboxylic acids is 2. The summed E-state index contributed by atoms with van der Waals surface area (Å²) in [4.78, 5) is 28.1. The van der Waals surface area contributed by atoms with E-state index < -0.39 is 34.6 Å². The molecule has 4 aromatic carbocycles. The summed E-state index contributed by atoms with van der Waals surface area (Å²) < 4.78 is 12.4. The predicted molar refractivity (Wildman–Crippen MR) is 169 cm³/mol. The third-order valence-electron chi connectivity index (χ3n) is 7.08. The molecule has 0 radical (unpaired) electrons. The van der Waals surface area contributed by atoms with Crippen LogP contribution in [-0.4, -0.2) is 17.0 Å². The van der Waals surface area contributed by atoms with Crippen LogP contribution in [0.2, 0.25) is 0 Å². The monoisotopic (exact) mass is 628 g/mol. The number of phenolic OH excluding ortho intramolecular Hbond substituents is 1. The number of hydrogen-bond donors (Lipinski definition) is 1. The Balaban J connectivity index is 1.98. The lowest BCUT2D eigenvalue weighted by atomic mass is 9.73. The Morgan fingerprint density at radius 1 is 0.643 bits per heavy atom. The highest BCUT2D eigenvalue weighted by Crippen LogP contribution is 2.44. The van der Waals surface area contributed by atoms with E-state index in [9.17, 15) is 14.7 Å². The second-order valence-electron chi connectivity index (χ2n) is 12.4. The van der Waals surface area contributed by atoms with Crippen LogP contribution in [0.15, 0.2) is 102 Å². The fourth-order valence-corrected chi connectivity index (χ4v) is 5.38. The van der Waals surface area contributed by atoms with Gasteiger partial charge in [-0.15, -0.1) is 0 Å². The summed E-state index contributed by atoms with van der Waals surface area (Å²) in [5.74, 6) is -2.79. The van der Waals surface area contributed by atoms with E-state index in [2.05, 4.69) is 15.9 Å². The van der Waals surface area contributed by atoms with Gasteiger partial charge in [0.2, 0.25) is 0 Å². The highest BCUT2D eigenvalue weighted by molar-refractivity contribution is 9.10. The Labute approximate surface area is 256 Å². The number of hydrogen-bond acceptors (Lipinski definition) is 5. The molecule has 42 heavy (non-hydrogen) atoms. The SMILES string of the molecule is CC(C)(C)c1cc([C@@H](c2cccc(Br)c2)C(C(=O)Oc2ccccc2)C(=O)Oc2ccccc2)cc(C(C)(C)C)c1O. The van der Waals surface area contributed by atoms with Crippen molar-refractivity contribution in [1.29, 1.82) is 0 Å². The fraction of sp³-hybridized carbons (Fsp3) is 0.278. The van der Waals surface area contributed by atoms with Gasteiger partial charge in [0.25, 0.3) is 0 Å². The molecule has 0 aliphatic heterocycles. The van der Waals surface area contributed by atoms with Crippen LogP contribution in [0.1, 0.15) is 69.7 Å². The molecular formula is C36H37BrO5. The summed E-state index contributed by atoms with van der Waals surface area (Å²) in [6.07, 6.45) is 0. The fourth-order valence-electron chi connectivity index (χ4n) is 4.96. The summed E-state index contributed by atoms with van der Waals surface area (Å²) in [5.41, 5.74) is 2.00. The average Bonchev–Trinajstić information content (AvgIpc) is 2.91. The number of esters is 2. The lowest BCUT2D eigenvalue weighted by molar-refractivity contribution is -0.152. The number of para-hydroxylation sites is 2. The van der Waals surface area contributed by atoms with Crippen LogP contribution >= 0.6 is 15.9 Å². The van der Waals surface area contributed by atoms with Crippen LogP contribution < -0.4 is 9.47 Å². The van der Waals surface area contributed by atoms with Gasteiger partial charge in [-0.25, -0.2) is 0 Å². The normalized spacial score (nSPS) is 12.6. The average molecular weight is 630 g/mol. The second kappa shape index (κ2) is 12.5. The summed E-state index contributed by atoms with van der Waals surface area (Å²) in [6.45, 7) is 12.2. The Hall–Kier alpha value is -3.90. The molecule has 0 aliphatic carbocycles. The van der Waals surface area contributed by atoms with Gasteiger partial charge in [0, 0.05) is 10.4 Å². The summed E-state index contributed by atoms with van der Waals surface area (Å²) >= 11 is 3.57.